The van der Waals surface area contributed by atoms with Crippen molar-refractivity contribution in [3.8, 4) is 0 Å². The number of hydrogen-bond donors (Lipinski definition) is 0. The maximum atomic E-state index is 13.2. The van der Waals surface area contributed by atoms with Crippen molar-refractivity contribution in [2.45, 2.75) is 96.9 Å². The van der Waals surface area contributed by atoms with Crippen molar-refractivity contribution in [2.75, 3.05) is 11.4 Å². The van der Waals surface area contributed by atoms with Crippen LogP contribution in [0.1, 0.15) is 84.7 Å². The van der Waals surface area contributed by atoms with Gasteiger partial charge in [0.25, 0.3) is 0 Å². The Hall–Kier alpha value is -1.62. The van der Waals surface area contributed by atoms with Crippen molar-refractivity contribution in [1.29, 1.82) is 0 Å². The molecule has 1 saturated carbocycles. The molecule has 2 heterocycles. The molecule has 1 amide bonds. The third kappa shape index (κ3) is 4.63. The second-order valence-corrected chi connectivity index (χ2v) is 9.19. The second-order valence-electron chi connectivity index (χ2n) is 9.19. The highest BCUT2D eigenvalue weighted by atomic mass is 16.6. The van der Waals surface area contributed by atoms with E-state index in [1.807, 2.05) is 31.7 Å². The molecule has 1 aromatic rings. The summed E-state index contributed by atoms with van der Waals surface area (Å²) in [5.41, 5.74) is 0.654. The van der Waals surface area contributed by atoms with E-state index in [9.17, 15) is 4.79 Å². The number of carbonyl (C=O) groups is 1. The molecule has 0 N–H and O–H groups in total. The number of anilines is 1. The Kier molecular flexibility index (Phi) is 6.09. The van der Waals surface area contributed by atoms with E-state index in [1.165, 1.54) is 12.0 Å². The summed E-state index contributed by atoms with van der Waals surface area (Å²) < 4.78 is 5.79. The van der Waals surface area contributed by atoms with E-state index in [1.54, 1.807) is 6.20 Å². The maximum Gasteiger partial charge on any atom is 0.416 e. The molecular formula is C22H35N3O2. The molecule has 1 aliphatic carbocycles. The van der Waals surface area contributed by atoms with Crippen molar-refractivity contribution in [3.63, 3.8) is 0 Å². The fraction of sp³-hybridized carbons (Fsp3) is 0.727. The number of ether oxygens (including phenoxy) is 1. The zero-order chi connectivity index (χ0) is 19.6. The van der Waals surface area contributed by atoms with Gasteiger partial charge in [-0.2, -0.15) is 0 Å². The Morgan fingerprint density at radius 1 is 1.22 bits per heavy atom. The minimum Gasteiger partial charge on any atom is -0.443 e. The zero-order valence-electron chi connectivity index (χ0n) is 17.6. The Bertz CT molecular complexity index is 647. The van der Waals surface area contributed by atoms with Gasteiger partial charge >= 0.3 is 6.09 Å². The van der Waals surface area contributed by atoms with Gasteiger partial charge in [0.1, 0.15) is 11.4 Å². The third-order valence-corrected chi connectivity index (χ3v) is 5.64. The number of nitrogens with zero attached hydrogens (tertiary/aromatic N) is 3. The van der Waals surface area contributed by atoms with Crippen LogP contribution in [0.2, 0.25) is 0 Å². The normalized spacial score (nSPS) is 21.8. The predicted molar refractivity (Wildman–Crippen MR) is 109 cm³/mol. The lowest BCUT2D eigenvalue weighted by atomic mass is 10.0. The van der Waals surface area contributed by atoms with Gasteiger partial charge in [-0.1, -0.05) is 18.9 Å². The molecular weight excluding hydrogens is 338 g/mol. The molecule has 0 radical (unpaired) electrons. The standard InChI is InChI=1S/C22H35N3O2/c1-16(2)24-15-9-13-19(24)18-12-8-14-23-20(18)25(17-10-6-7-11-17)21(26)27-22(3,4)5/h8,12,14,16-17,19H,6-7,9-11,13,15H2,1-5H3/t19-/m0/s1. The van der Waals surface area contributed by atoms with Gasteiger partial charge in [0, 0.05) is 29.9 Å². The molecule has 0 spiro atoms. The Balaban J connectivity index is 1.98. The molecule has 27 heavy (non-hydrogen) atoms. The lowest BCUT2D eigenvalue weighted by molar-refractivity contribution is 0.0563. The highest BCUT2D eigenvalue weighted by Gasteiger charge is 2.37. The number of pyridine rings is 1. The first-order valence-corrected chi connectivity index (χ1v) is 10.5. The van der Waals surface area contributed by atoms with Gasteiger partial charge in [-0.3, -0.25) is 9.80 Å². The predicted octanol–water partition coefficient (Wildman–Crippen LogP) is 5.31. The molecule has 1 saturated heterocycles. The number of carbonyl (C=O) groups excluding carboxylic acids is 1. The van der Waals surface area contributed by atoms with Crippen LogP contribution in [0.25, 0.3) is 0 Å². The number of likely N-dealkylation sites (tertiary alicyclic amines) is 1. The van der Waals surface area contributed by atoms with E-state index >= 15 is 0 Å². The van der Waals surface area contributed by atoms with Crippen LogP contribution in [-0.4, -0.2) is 40.2 Å². The van der Waals surface area contributed by atoms with Crippen molar-refractivity contribution in [3.05, 3.63) is 23.9 Å². The van der Waals surface area contributed by atoms with E-state index < -0.39 is 5.60 Å². The average Bonchev–Trinajstić information content (AvgIpc) is 3.25. The fourth-order valence-corrected chi connectivity index (χ4v) is 4.49. The minimum atomic E-state index is -0.514. The first-order chi connectivity index (χ1) is 12.8. The fourth-order valence-electron chi connectivity index (χ4n) is 4.49. The van der Waals surface area contributed by atoms with Gasteiger partial charge in [-0.15, -0.1) is 0 Å². The zero-order valence-corrected chi connectivity index (χ0v) is 17.6. The van der Waals surface area contributed by atoms with Gasteiger partial charge in [-0.05, 0) is 72.9 Å². The van der Waals surface area contributed by atoms with E-state index in [2.05, 4.69) is 24.8 Å². The molecule has 3 rings (SSSR count). The van der Waals surface area contributed by atoms with Crippen molar-refractivity contribution >= 4 is 11.9 Å². The molecule has 2 fully saturated rings. The summed E-state index contributed by atoms with van der Waals surface area (Å²) in [6.07, 6.45) is 8.21. The molecule has 0 aromatic carbocycles. The first kappa shape index (κ1) is 20.1. The summed E-state index contributed by atoms with van der Waals surface area (Å²) in [4.78, 5) is 22.3. The molecule has 1 aliphatic heterocycles. The van der Waals surface area contributed by atoms with Crippen LogP contribution in [0.5, 0.6) is 0 Å². The number of aromatic nitrogens is 1. The smallest absolute Gasteiger partial charge is 0.416 e. The molecule has 1 atom stereocenters. The third-order valence-electron chi connectivity index (χ3n) is 5.64. The van der Waals surface area contributed by atoms with Crippen LogP contribution in [-0.2, 0) is 4.74 Å². The maximum absolute atomic E-state index is 13.2. The van der Waals surface area contributed by atoms with Crippen LogP contribution >= 0.6 is 0 Å². The number of amides is 1. The molecule has 5 nitrogen and oxygen atoms in total. The van der Waals surface area contributed by atoms with E-state index in [4.69, 9.17) is 9.72 Å². The molecule has 5 heteroatoms. The Morgan fingerprint density at radius 2 is 1.93 bits per heavy atom. The van der Waals surface area contributed by atoms with Crippen LogP contribution in [0, 0.1) is 0 Å². The lowest BCUT2D eigenvalue weighted by Gasteiger charge is -2.35. The SMILES string of the molecule is CC(C)N1CCC[C@H]1c1cccnc1N(C(=O)OC(C)(C)C)C1CCCC1. The Morgan fingerprint density at radius 3 is 2.56 bits per heavy atom. The summed E-state index contributed by atoms with van der Waals surface area (Å²) in [6.45, 7) is 11.4. The molecule has 0 unspecified atom stereocenters. The van der Waals surface area contributed by atoms with E-state index in [0.29, 0.717) is 12.1 Å². The summed E-state index contributed by atoms with van der Waals surface area (Å²) >= 11 is 0. The van der Waals surface area contributed by atoms with E-state index in [0.717, 1.165) is 44.5 Å². The van der Waals surface area contributed by atoms with Crippen LogP contribution < -0.4 is 4.90 Å². The van der Waals surface area contributed by atoms with Gasteiger partial charge in [0.15, 0.2) is 0 Å². The molecule has 2 aliphatic rings. The number of hydrogen-bond acceptors (Lipinski definition) is 4. The number of rotatable bonds is 4. The van der Waals surface area contributed by atoms with Gasteiger partial charge in [0.2, 0.25) is 0 Å². The monoisotopic (exact) mass is 373 g/mol. The topological polar surface area (TPSA) is 45.7 Å². The quantitative estimate of drug-likeness (QED) is 0.717. The molecule has 0 bridgehead atoms. The Labute approximate surface area is 164 Å². The summed E-state index contributed by atoms with van der Waals surface area (Å²) in [5, 5.41) is 0. The van der Waals surface area contributed by atoms with Gasteiger partial charge < -0.3 is 4.74 Å². The van der Waals surface area contributed by atoms with Crippen LogP contribution in [0.15, 0.2) is 18.3 Å². The minimum absolute atomic E-state index is 0.183. The summed E-state index contributed by atoms with van der Waals surface area (Å²) in [7, 11) is 0. The van der Waals surface area contributed by atoms with Gasteiger partial charge in [-0.25, -0.2) is 9.78 Å². The first-order valence-electron chi connectivity index (χ1n) is 10.5. The van der Waals surface area contributed by atoms with Gasteiger partial charge in [0.05, 0.1) is 0 Å². The highest BCUT2D eigenvalue weighted by molar-refractivity contribution is 5.88. The highest BCUT2D eigenvalue weighted by Crippen LogP contribution is 2.39. The van der Waals surface area contributed by atoms with Crippen LogP contribution in [0.3, 0.4) is 0 Å². The lowest BCUT2D eigenvalue weighted by Crippen LogP contribution is -2.44. The average molecular weight is 374 g/mol. The van der Waals surface area contributed by atoms with Crippen LogP contribution in [0.4, 0.5) is 10.6 Å². The van der Waals surface area contributed by atoms with Crippen molar-refractivity contribution < 1.29 is 9.53 Å². The van der Waals surface area contributed by atoms with Crippen molar-refractivity contribution in [1.82, 2.24) is 9.88 Å². The summed E-state index contributed by atoms with van der Waals surface area (Å²) in [5.74, 6) is 0.802. The second kappa shape index (κ2) is 8.17. The molecule has 1 aromatic heterocycles. The van der Waals surface area contributed by atoms with Crippen molar-refractivity contribution in [2.24, 2.45) is 0 Å². The van der Waals surface area contributed by atoms with E-state index in [-0.39, 0.29) is 12.1 Å². The molecule has 150 valence electrons. The largest absolute Gasteiger partial charge is 0.443 e. The summed E-state index contributed by atoms with van der Waals surface area (Å²) in [6, 6.07) is 5.13.